The van der Waals surface area contributed by atoms with E-state index >= 15 is 0 Å². The molecule has 15 heavy (non-hydrogen) atoms. The summed E-state index contributed by atoms with van der Waals surface area (Å²) in [6.45, 7) is 6.79. The second-order valence-electron chi connectivity index (χ2n) is 4.83. The lowest BCUT2D eigenvalue weighted by Crippen LogP contribution is -2.30. The fourth-order valence-electron chi connectivity index (χ4n) is 2.28. The van der Waals surface area contributed by atoms with Gasteiger partial charge in [-0.2, -0.15) is 0 Å². The maximum Gasteiger partial charge on any atom is 0.109 e. The Morgan fingerprint density at radius 3 is 2.87 bits per heavy atom. The van der Waals surface area contributed by atoms with Gasteiger partial charge in [0.25, 0.3) is 0 Å². The number of hydrogen-bond acceptors (Lipinski definition) is 2. The van der Waals surface area contributed by atoms with Crippen molar-refractivity contribution < 1.29 is 0 Å². The summed E-state index contributed by atoms with van der Waals surface area (Å²) in [4.78, 5) is 4.47. The van der Waals surface area contributed by atoms with E-state index in [2.05, 4.69) is 34.9 Å². The van der Waals surface area contributed by atoms with E-state index in [0.717, 1.165) is 19.5 Å². The highest BCUT2D eigenvalue weighted by atomic mass is 15.1. The smallest absolute Gasteiger partial charge is 0.109 e. The highest BCUT2D eigenvalue weighted by Crippen LogP contribution is 2.21. The highest BCUT2D eigenvalue weighted by Gasteiger charge is 2.17. The monoisotopic (exact) mass is 207 g/mol. The van der Waals surface area contributed by atoms with Crippen LogP contribution in [0, 0.1) is 5.92 Å². The van der Waals surface area contributed by atoms with Crippen LogP contribution in [0.1, 0.15) is 38.6 Å². The van der Waals surface area contributed by atoms with E-state index in [1.165, 1.54) is 18.7 Å². The van der Waals surface area contributed by atoms with Crippen molar-refractivity contribution in [1.29, 1.82) is 0 Å². The molecule has 1 fully saturated rings. The minimum atomic E-state index is 0.669. The first kappa shape index (κ1) is 10.7. The highest BCUT2D eigenvalue weighted by molar-refractivity contribution is 4.97. The third-order valence-electron chi connectivity index (χ3n) is 3.04. The van der Waals surface area contributed by atoms with Gasteiger partial charge in [-0.15, -0.1) is 0 Å². The lowest BCUT2D eigenvalue weighted by atomic mass is 10.1. The normalized spacial score (nSPS) is 18.6. The lowest BCUT2D eigenvalue weighted by molar-refractivity contribution is 0.356. The Hall–Kier alpha value is -0.830. The molecule has 3 heteroatoms. The molecule has 1 aliphatic heterocycles. The summed E-state index contributed by atoms with van der Waals surface area (Å²) >= 11 is 0. The molecule has 0 amide bonds. The molecule has 0 radical (unpaired) electrons. The van der Waals surface area contributed by atoms with E-state index in [1.54, 1.807) is 0 Å². The van der Waals surface area contributed by atoms with Crippen molar-refractivity contribution in [1.82, 2.24) is 14.9 Å². The van der Waals surface area contributed by atoms with Gasteiger partial charge in [-0.25, -0.2) is 4.98 Å². The van der Waals surface area contributed by atoms with Crippen LogP contribution in [0.15, 0.2) is 12.4 Å². The molecule has 0 spiro atoms. The van der Waals surface area contributed by atoms with Crippen LogP contribution >= 0.6 is 0 Å². The Kier molecular flexibility index (Phi) is 3.41. The lowest BCUT2D eigenvalue weighted by Gasteiger charge is -2.25. The molecule has 0 aliphatic carbocycles. The van der Waals surface area contributed by atoms with Crippen molar-refractivity contribution in [2.24, 2.45) is 5.92 Å². The van der Waals surface area contributed by atoms with E-state index in [-0.39, 0.29) is 0 Å². The van der Waals surface area contributed by atoms with Crippen molar-refractivity contribution in [2.75, 3.05) is 13.1 Å². The SMILES string of the molecule is CC(C)Cc1nccn1C1CCNCC1. The zero-order chi connectivity index (χ0) is 10.7. The van der Waals surface area contributed by atoms with Gasteiger partial charge in [0, 0.05) is 24.9 Å². The first-order valence-electron chi connectivity index (χ1n) is 6.00. The molecule has 0 bridgehead atoms. The second kappa shape index (κ2) is 4.79. The zero-order valence-electron chi connectivity index (χ0n) is 9.74. The molecule has 1 saturated heterocycles. The van der Waals surface area contributed by atoms with Crippen molar-refractivity contribution in [3.63, 3.8) is 0 Å². The summed E-state index contributed by atoms with van der Waals surface area (Å²) in [7, 11) is 0. The summed E-state index contributed by atoms with van der Waals surface area (Å²) in [5.74, 6) is 1.95. The summed E-state index contributed by atoms with van der Waals surface area (Å²) < 4.78 is 2.39. The largest absolute Gasteiger partial charge is 0.332 e. The third kappa shape index (κ3) is 2.59. The molecule has 0 atom stereocenters. The molecule has 1 aliphatic rings. The molecule has 3 nitrogen and oxygen atoms in total. The second-order valence-corrected chi connectivity index (χ2v) is 4.83. The maximum absolute atomic E-state index is 4.47. The number of nitrogens with one attached hydrogen (secondary N) is 1. The minimum Gasteiger partial charge on any atom is -0.332 e. The van der Waals surface area contributed by atoms with Gasteiger partial charge in [0.1, 0.15) is 5.82 Å². The van der Waals surface area contributed by atoms with Crippen molar-refractivity contribution >= 4 is 0 Å². The third-order valence-corrected chi connectivity index (χ3v) is 3.04. The predicted molar refractivity (Wildman–Crippen MR) is 61.9 cm³/mol. The van der Waals surface area contributed by atoms with Crippen LogP contribution in [0.4, 0.5) is 0 Å². The minimum absolute atomic E-state index is 0.669. The number of imidazole rings is 1. The quantitative estimate of drug-likeness (QED) is 0.821. The molecule has 84 valence electrons. The summed E-state index contributed by atoms with van der Waals surface area (Å²) in [5.41, 5.74) is 0. The van der Waals surface area contributed by atoms with E-state index < -0.39 is 0 Å². The molecule has 1 aromatic heterocycles. The van der Waals surface area contributed by atoms with Gasteiger partial charge in [0.05, 0.1) is 0 Å². The van der Waals surface area contributed by atoms with Crippen LogP contribution in [0.5, 0.6) is 0 Å². The molecule has 0 saturated carbocycles. The summed E-state index contributed by atoms with van der Waals surface area (Å²) in [6.07, 6.45) is 7.66. The molecule has 0 aromatic carbocycles. The predicted octanol–water partition coefficient (Wildman–Crippen LogP) is 2.01. The average Bonchev–Trinajstić information content (AvgIpc) is 2.66. The number of hydrogen-bond donors (Lipinski definition) is 1. The Morgan fingerprint density at radius 2 is 2.20 bits per heavy atom. The van der Waals surface area contributed by atoms with Gasteiger partial charge >= 0.3 is 0 Å². The number of nitrogens with zero attached hydrogens (tertiary/aromatic N) is 2. The van der Waals surface area contributed by atoms with Crippen molar-refractivity contribution in [3.8, 4) is 0 Å². The Balaban J connectivity index is 2.09. The fourth-order valence-corrected chi connectivity index (χ4v) is 2.28. The number of piperidine rings is 1. The van der Waals surface area contributed by atoms with Crippen molar-refractivity contribution in [2.45, 2.75) is 39.2 Å². The Labute approximate surface area is 91.9 Å². The molecular weight excluding hydrogens is 186 g/mol. The number of rotatable bonds is 3. The summed E-state index contributed by atoms with van der Waals surface area (Å²) in [5, 5.41) is 3.40. The molecular formula is C12H21N3. The van der Waals surface area contributed by atoms with Crippen LogP contribution in [0.25, 0.3) is 0 Å². The fraction of sp³-hybridized carbons (Fsp3) is 0.750. The van der Waals surface area contributed by atoms with E-state index in [1.807, 2.05) is 6.20 Å². The zero-order valence-corrected chi connectivity index (χ0v) is 9.74. The van der Waals surface area contributed by atoms with E-state index in [4.69, 9.17) is 0 Å². The van der Waals surface area contributed by atoms with Gasteiger partial charge in [0.2, 0.25) is 0 Å². The van der Waals surface area contributed by atoms with Crippen LogP contribution < -0.4 is 5.32 Å². The first-order chi connectivity index (χ1) is 7.27. The van der Waals surface area contributed by atoms with E-state index in [0.29, 0.717) is 12.0 Å². The van der Waals surface area contributed by atoms with Crippen LogP contribution in [-0.2, 0) is 6.42 Å². The van der Waals surface area contributed by atoms with Crippen molar-refractivity contribution in [3.05, 3.63) is 18.2 Å². The van der Waals surface area contributed by atoms with Gasteiger partial charge in [0.15, 0.2) is 0 Å². The Bertz CT molecular complexity index is 298. The molecule has 2 heterocycles. The van der Waals surface area contributed by atoms with Crippen LogP contribution in [-0.4, -0.2) is 22.6 Å². The van der Waals surface area contributed by atoms with Gasteiger partial charge in [-0.3, -0.25) is 0 Å². The molecule has 1 aromatic rings. The topological polar surface area (TPSA) is 29.9 Å². The Morgan fingerprint density at radius 1 is 1.47 bits per heavy atom. The van der Waals surface area contributed by atoms with Crippen LogP contribution in [0.3, 0.4) is 0 Å². The molecule has 1 N–H and O–H groups in total. The first-order valence-corrected chi connectivity index (χ1v) is 6.00. The van der Waals surface area contributed by atoms with Gasteiger partial charge in [-0.1, -0.05) is 13.8 Å². The molecule has 0 unspecified atom stereocenters. The molecule has 2 rings (SSSR count). The summed E-state index contributed by atoms with van der Waals surface area (Å²) in [6, 6.07) is 0.669. The van der Waals surface area contributed by atoms with Gasteiger partial charge < -0.3 is 9.88 Å². The van der Waals surface area contributed by atoms with Gasteiger partial charge in [-0.05, 0) is 31.8 Å². The standard InChI is InChI=1S/C12H21N3/c1-10(2)9-12-14-7-8-15(12)11-3-5-13-6-4-11/h7-8,10-11,13H,3-6,9H2,1-2H3. The number of aromatic nitrogens is 2. The van der Waals surface area contributed by atoms with E-state index in [9.17, 15) is 0 Å². The maximum atomic E-state index is 4.47. The van der Waals surface area contributed by atoms with Crippen LogP contribution in [0.2, 0.25) is 0 Å². The average molecular weight is 207 g/mol.